The third kappa shape index (κ3) is 3.37. The smallest absolute Gasteiger partial charge is 0.126 e. The first-order valence-corrected chi connectivity index (χ1v) is 8.24. The van der Waals surface area contributed by atoms with Gasteiger partial charge in [0.15, 0.2) is 0 Å². The minimum absolute atomic E-state index is 0.00399. The summed E-state index contributed by atoms with van der Waals surface area (Å²) in [6, 6.07) is 20.7. The van der Waals surface area contributed by atoms with E-state index in [1.165, 1.54) is 0 Å². The van der Waals surface area contributed by atoms with Gasteiger partial charge in [-0.3, -0.25) is 0 Å². The van der Waals surface area contributed by atoms with E-state index in [-0.39, 0.29) is 5.54 Å². The van der Waals surface area contributed by atoms with Crippen LogP contribution in [0, 0.1) is 0 Å². The molecule has 2 aromatic carbocycles. The average Bonchev–Trinajstić information content (AvgIpc) is 2.91. The van der Waals surface area contributed by atoms with Gasteiger partial charge in [-0.25, -0.2) is 4.98 Å². The van der Waals surface area contributed by atoms with Crippen LogP contribution in [0.3, 0.4) is 0 Å². The highest BCUT2D eigenvalue weighted by Crippen LogP contribution is 2.39. The minimum atomic E-state index is 0.00399. The van der Waals surface area contributed by atoms with E-state index in [1.54, 1.807) is 11.3 Å². The molecule has 2 nitrogen and oxygen atoms in total. The van der Waals surface area contributed by atoms with Crippen molar-refractivity contribution in [3.05, 3.63) is 60.7 Å². The molecule has 0 spiro atoms. The van der Waals surface area contributed by atoms with Crippen molar-refractivity contribution < 1.29 is 0 Å². The summed E-state index contributed by atoms with van der Waals surface area (Å²) in [7, 11) is 0. The first kappa shape index (κ1) is 14.8. The van der Waals surface area contributed by atoms with E-state index in [2.05, 4.69) is 74.6 Å². The standard InChI is InChI=1S/C19H20N2S/c1-19(2,3)21-18-16(14-10-6-4-7-11-14)20-17(22-18)15-12-8-5-9-13-15/h4-13,21H,1-3H3. The van der Waals surface area contributed by atoms with E-state index in [0.29, 0.717) is 0 Å². The van der Waals surface area contributed by atoms with Crippen molar-refractivity contribution in [3.8, 4) is 21.8 Å². The zero-order valence-corrected chi connectivity index (χ0v) is 13.9. The molecule has 3 rings (SSSR count). The lowest BCUT2D eigenvalue weighted by molar-refractivity contribution is 0.636. The molecule has 0 atom stereocenters. The van der Waals surface area contributed by atoms with Crippen LogP contribution in [0.5, 0.6) is 0 Å². The molecule has 0 amide bonds. The number of nitrogens with zero attached hydrogens (tertiary/aromatic N) is 1. The van der Waals surface area contributed by atoms with Crippen LogP contribution in [0.1, 0.15) is 20.8 Å². The van der Waals surface area contributed by atoms with Gasteiger partial charge in [-0.1, -0.05) is 72.0 Å². The van der Waals surface area contributed by atoms with E-state index in [1.807, 2.05) is 12.1 Å². The van der Waals surface area contributed by atoms with Crippen LogP contribution in [0.25, 0.3) is 21.8 Å². The van der Waals surface area contributed by atoms with Crippen LogP contribution in [-0.2, 0) is 0 Å². The Labute approximate surface area is 135 Å². The van der Waals surface area contributed by atoms with E-state index in [4.69, 9.17) is 4.98 Å². The number of thiazole rings is 1. The number of aromatic nitrogens is 1. The second-order valence-corrected chi connectivity index (χ2v) is 7.30. The Morgan fingerprint density at radius 2 is 1.36 bits per heavy atom. The van der Waals surface area contributed by atoms with E-state index >= 15 is 0 Å². The summed E-state index contributed by atoms with van der Waals surface area (Å²) in [5.41, 5.74) is 3.34. The molecule has 0 fully saturated rings. The predicted molar refractivity (Wildman–Crippen MR) is 96.4 cm³/mol. The van der Waals surface area contributed by atoms with Crippen LogP contribution in [-0.4, -0.2) is 10.5 Å². The van der Waals surface area contributed by atoms with Gasteiger partial charge in [0.1, 0.15) is 15.7 Å². The van der Waals surface area contributed by atoms with Crippen molar-refractivity contribution in [1.82, 2.24) is 4.98 Å². The molecule has 3 heteroatoms. The molecule has 0 radical (unpaired) electrons. The topological polar surface area (TPSA) is 24.9 Å². The van der Waals surface area contributed by atoms with Gasteiger partial charge in [-0.15, -0.1) is 0 Å². The summed E-state index contributed by atoms with van der Waals surface area (Å²) in [6.45, 7) is 6.51. The van der Waals surface area contributed by atoms with E-state index in [0.717, 1.165) is 26.8 Å². The molecule has 0 saturated carbocycles. The molecule has 1 heterocycles. The molecule has 0 aliphatic rings. The lowest BCUT2D eigenvalue weighted by Gasteiger charge is -2.21. The molecule has 112 valence electrons. The minimum Gasteiger partial charge on any atom is -0.370 e. The molecular formula is C19H20N2S. The van der Waals surface area contributed by atoms with Crippen molar-refractivity contribution in [2.24, 2.45) is 0 Å². The van der Waals surface area contributed by atoms with E-state index < -0.39 is 0 Å². The molecule has 1 aromatic heterocycles. The number of hydrogen-bond donors (Lipinski definition) is 1. The third-order valence-corrected chi connectivity index (χ3v) is 4.20. The lowest BCUT2D eigenvalue weighted by atomic mass is 10.1. The van der Waals surface area contributed by atoms with Gasteiger partial charge in [0.25, 0.3) is 0 Å². The number of rotatable bonds is 3. The Bertz CT molecular complexity index is 740. The molecular weight excluding hydrogens is 288 g/mol. The summed E-state index contributed by atoms with van der Waals surface area (Å²) in [4.78, 5) is 4.89. The Hall–Kier alpha value is -2.13. The Morgan fingerprint density at radius 3 is 1.91 bits per heavy atom. The fourth-order valence-corrected chi connectivity index (χ4v) is 3.44. The highest BCUT2D eigenvalue weighted by Gasteiger charge is 2.18. The zero-order valence-electron chi connectivity index (χ0n) is 13.1. The Balaban J connectivity index is 2.09. The van der Waals surface area contributed by atoms with Crippen LogP contribution < -0.4 is 5.32 Å². The number of benzene rings is 2. The fourth-order valence-electron chi connectivity index (χ4n) is 2.24. The average molecular weight is 308 g/mol. The fraction of sp³-hybridized carbons (Fsp3) is 0.211. The van der Waals surface area contributed by atoms with Crippen molar-refractivity contribution in [3.63, 3.8) is 0 Å². The maximum atomic E-state index is 4.89. The van der Waals surface area contributed by atoms with Crippen molar-refractivity contribution in [2.45, 2.75) is 26.3 Å². The number of hydrogen-bond acceptors (Lipinski definition) is 3. The highest BCUT2D eigenvalue weighted by atomic mass is 32.1. The van der Waals surface area contributed by atoms with Gasteiger partial charge in [-0.05, 0) is 20.8 Å². The monoisotopic (exact) mass is 308 g/mol. The van der Waals surface area contributed by atoms with Gasteiger partial charge < -0.3 is 5.32 Å². The van der Waals surface area contributed by atoms with Gasteiger partial charge in [-0.2, -0.15) is 0 Å². The summed E-state index contributed by atoms with van der Waals surface area (Å²) in [6.07, 6.45) is 0. The van der Waals surface area contributed by atoms with Gasteiger partial charge in [0.05, 0.1) is 0 Å². The van der Waals surface area contributed by atoms with Crippen LogP contribution in [0.2, 0.25) is 0 Å². The molecule has 0 aliphatic carbocycles. The van der Waals surface area contributed by atoms with Crippen LogP contribution in [0.4, 0.5) is 5.00 Å². The third-order valence-electron chi connectivity index (χ3n) is 3.18. The molecule has 0 bridgehead atoms. The molecule has 3 aromatic rings. The molecule has 1 N–H and O–H groups in total. The maximum absolute atomic E-state index is 4.89. The normalized spacial score (nSPS) is 11.4. The van der Waals surface area contributed by atoms with Gasteiger partial charge >= 0.3 is 0 Å². The zero-order chi connectivity index (χ0) is 15.6. The van der Waals surface area contributed by atoms with Crippen molar-refractivity contribution in [1.29, 1.82) is 0 Å². The summed E-state index contributed by atoms with van der Waals surface area (Å²) in [5, 5.41) is 5.76. The molecule has 0 unspecified atom stereocenters. The number of anilines is 1. The van der Waals surface area contributed by atoms with E-state index in [9.17, 15) is 0 Å². The summed E-state index contributed by atoms with van der Waals surface area (Å²) >= 11 is 1.71. The van der Waals surface area contributed by atoms with Gasteiger partial charge in [0, 0.05) is 16.7 Å². The largest absolute Gasteiger partial charge is 0.370 e. The Morgan fingerprint density at radius 1 is 0.818 bits per heavy atom. The van der Waals surface area contributed by atoms with Crippen molar-refractivity contribution >= 4 is 16.3 Å². The second-order valence-electron chi connectivity index (χ2n) is 6.30. The molecule has 22 heavy (non-hydrogen) atoms. The molecule has 0 aliphatic heterocycles. The second kappa shape index (κ2) is 5.93. The summed E-state index contributed by atoms with van der Waals surface area (Å²) < 4.78 is 0. The molecule has 0 saturated heterocycles. The highest BCUT2D eigenvalue weighted by molar-refractivity contribution is 7.19. The number of nitrogens with one attached hydrogen (secondary N) is 1. The predicted octanol–water partition coefficient (Wildman–Crippen LogP) is 5.69. The van der Waals surface area contributed by atoms with Crippen molar-refractivity contribution in [2.75, 3.05) is 5.32 Å². The van der Waals surface area contributed by atoms with Crippen LogP contribution in [0.15, 0.2) is 60.7 Å². The van der Waals surface area contributed by atoms with Crippen LogP contribution >= 0.6 is 11.3 Å². The quantitative estimate of drug-likeness (QED) is 0.672. The maximum Gasteiger partial charge on any atom is 0.126 e. The first-order chi connectivity index (χ1) is 10.5. The Kier molecular flexibility index (Phi) is 3.99. The SMILES string of the molecule is CC(C)(C)Nc1sc(-c2ccccc2)nc1-c1ccccc1. The lowest BCUT2D eigenvalue weighted by Crippen LogP contribution is -2.25. The first-order valence-electron chi connectivity index (χ1n) is 7.43. The van der Waals surface area contributed by atoms with Gasteiger partial charge in [0.2, 0.25) is 0 Å². The summed E-state index contributed by atoms with van der Waals surface area (Å²) in [5.74, 6) is 0.